The van der Waals surface area contributed by atoms with Crippen molar-refractivity contribution in [3.05, 3.63) is 68.9 Å². The van der Waals surface area contributed by atoms with Crippen molar-refractivity contribution in [2.75, 3.05) is 6.54 Å². The van der Waals surface area contributed by atoms with E-state index in [1.165, 1.54) is 12.4 Å². The van der Waals surface area contributed by atoms with E-state index in [0.717, 1.165) is 30.4 Å². The Morgan fingerprint density at radius 3 is 2.00 bits per heavy atom. The fraction of sp³-hybridized carbons (Fsp3) is 0.385. The monoisotopic (exact) mass is 627 g/mol. The van der Waals surface area contributed by atoms with Gasteiger partial charge in [0.2, 0.25) is 0 Å². The molecule has 2 aliphatic rings. The van der Waals surface area contributed by atoms with Crippen LogP contribution in [0, 0.1) is 5.92 Å². The lowest BCUT2D eigenvalue weighted by atomic mass is 9.94. The van der Waals surface area contributed by atoms with Crippen LogP contribution in [-0.4, -0.2) is 45.5 Å². The predicted octanol–water partition coefficient (Wildman–Crippen LogP) is 8.80. The molecule has 214 valence electrons. The number of amides is 1. The van der Waals surface area contributed by atoms with E-state index in [-0.39, 0.29) is 34.8 Å². The average molecular weight is 629 g/mol. The lowest BCUT2D eigenvalue weighted by molar-refractivity contribution is -0.348. The molecule has 0 atom stereocenters. The van der Waals surface area contributed by atoms with Crippen molar-refractivity contribution in [3.63, 3.8) is 0 Å². The molecule has 2 fully saturated rings. The standard InChI is InChI=1S/C26H19Cl3F7N3O/c27-19-6-3-14(7-18(19)23(40)38(17-4-5-17)11-13-1-2-13)15-10-37-39(12-15)22-20(28)8-16(9-21(22)29)24(30,25(31,32)33)26(34,35)36/h3,6-10,12-13,17H,1-2,4-5,11H2. The van der Waals surface area contributed by atoms with Crippen molar-refractivity contribution in [1.29, 1.82) is 0 Å². The SMILES string of the molecule is O=C(c1cc(-c2cnn(-c3c(Cl)cc(C(F)(C(F)(F)F)C(F)(F)F)cc3Cl)c2)ccc1Cl)N(CC1CC1)C1CC1. The minimum absolute atomic E-state index is 0.181. The lowest BCUT2D eigenvalue weighted by Crippen LogP contribution is -2.50. The highest BCUT2D eigenvalue weighted by Gasteiger charge is 2.73. The van der Waals surface area contributed by atoms with Gasteiger partial charge < -0.3 is 4.90 Å². The second-order valence-corrected chi connectivity index (χ2v) is 11.2. The third-order valence-corrected chi connectivity index (χ3v) is 7.84. The van der Waals surface area contributed by atoms with Crippen LogP contribution >= 0.6 is 34.8 Å². The molecule has 5 rings (SSSR count). The average Bonchev–Trinajstić information content (AvgIpc) is 3.79. The van der Waals surface area contributed by atoms with E-state index in [9.17, 15) is 35.5 Å². The summed E-state index contributed by atoms with van der Waals surface area (Å²) in [4.78, 5) is 15.2. The second-order valence-electron chi connectivity index (χ2n) is 9.94. The highest BCUT2D eigenvalue weighted by molar-refractivity contribution is 6.38. The van der Waals surface area contributed by atoms with Gasteiger partial charge in [-0.1, -0.05) is 40.9 Å². The summed E-state index contributed by atoms with van der Waals surface area (Å²) in [5.74, 6) is 0.291. The second kappa shape index (κ2) is 10.1. The van der Waals surface area contributed by atoms with Crippen LogP contribution in [0.25, 0.3) is 16.8 Å². The maximum Gasteiger partial charge on any atom is 0.435 e. The Labute approximate surface area is 238 Å². The number of hydrogen-bond acceptors (Lipinski definition) is 2. The zero-order valence-corrected chi connectivity index (χ0v) is 22.5. The van der Waals surface area contributed by atoms with Crippen LogP contribution in [0.2, 0.25) is 15.1 Å². The van der Waals surface area contributed by atoms with Gasteiger partial charge in [-0.05, 0) is 61.4 Å². The first-order valence-corrected chi connectivity index (χ1v) is 13.2. The minimum atomic E-state index is -6.32. The molecule has 14 heteroatoms. The zero-order chi connectivity index (χ0) is 29.2. The van der Waals surface area contributed by atoms with Gasteiger partial charge in [-0.15, -0.1) is 0 Å². The third-order valence-electron chi connectivity index (χ3n) is 6.94. The molecule has 0 N–H and O–H groups in total. The van der Waals surface area contributed by atoms with Crippen molar-refractivity contribution in [2.45, 2.75) is 49.7 Å². The summed E-state index contributed by atoms with van der Waals surface area (Å²) < 4.78 is 94.8. The van der Waals surface area contributed by atoms with Crippen LogP contribution in [0.4, 0.5) is 30.7 Å². The Bertz CT molecular complexity index is 1430. The van der Waals surface area contributed by atoms with Crippen LogP contribution in [-0.2, 0) is 5.67 Å². The summed E-state index contributed by atoms with van der Waals surface area (Å²) in [6.45, 7) is 0.665. The van der Waals surface area contributed by atoms with E-state index in [4.69, 9.17) is 34.8 Å². The van der Waals surface area contributed by atoms with E-state index in [1.54, 1.807) is 18.2 Å². The first kappa shape index (κ1) is 29.0. The summed E-state index contributed by atoms with van der Waals surface area (Å²) >= 11 is 18.4. The van der Waals surface area contributed by atoms with Gasteiger partial charge in [0.25, 0.3) is 5.91 Å². The van der Waals surface area contributed by atoms with Crippen LogP contribution < -0.4 is 0 Å². The molecule has 1 aromatic heterocycles. The molecule has 2 saturated carbocycles. The predicted molar refractivity (Wildman–Crippen MR) is 136 cm³/mol. The first-order valence-electron chi connectivity index (χ1n) is 12.1. The summed E-state index contributed by atoms with van der Waals surface area (Å²) in [5, 5.41) is 2.94. The van der Waals surface area contributed by atoms with Gasteiger partial charge in [0.15, 0.2) is 0 Å². The molecule has 3 aromatic rings. The highest BCUT2D eigenvalue weighted by Crippen LogP contribution is 2.54. The van der Waals surface area contributed by atoms with Gasteiger partial charge in [-0.2, -0.15) is 31.4 Å². The molecule has 2 aliphatic carbocycles. The molecule has 1 heterocycles. The molecule has 2 aromatic carbocycles. The molecule has 0 aliphatic heterocycles. The van der Waals surface area contributed by atoms with Crippen LogP contribution in [0.15, 0.2) is 42.7 Å². The normalized spacial score (nSPS) is 16.4. The van der Waals surface area contributed by atoms with Crippen LogP contribution in [0.3, 0.4) is 0 Å². The van der Waals surface area contributed by atoms with Crippen LogP contribution in [0.1, 0.15) is 41.6 Å². The largest absolute Gasteiger partial charge is 0.435 e. The van der Waals surface area contributed by atoms with Crippen LogP contribution in [0.5, 0.6) is 0 Å². The molecular formula is C26H19Cl3F7N3O. The molecule has 0 spiro atoms. The van der Waals surface area contributed by atoms with Gasteiger partial charge in [0, 0.05) is 29.9 Å². The number of hydrogen-bond donors (Lipinski definition) is 0. The molecule has 4 nitrogen and oxygen atoms in total. The van der Waals surface area contributed by atoms with E-state index in [2.05, 4.69) is 5.10 Å². The molecular weight excluding hydrogens is 610 g/mol. The Hall–Kier alpha value is -2.50. The Morgan fingerprint density at radius 1 is 0.875 bits per heavy atom. The Balaban J connectivity index is 1.47. The lowest BCUT2D eigenvalue weighted by Gasteiger charge is -2.30. The number of carbonyl (C=O) groups is 1. The van der Waals surface area contributed by atoms with Crippen molar-refractivity contribution in [2.24, 2.45) is 5.92 Å². The maximum absolute atomic E-state index is 14.5. The fourth-order valence-corrected chi connectivity index (χ4v) is 5.31. The number of halogens is 10. The van der Waals surface area contributed by atoms with Gasteiger partial charge in [0.1, 0.15) is 5.69 Å². The molecule has 0 bridgehead atoms. The number of carbonyl (C=O) groups excluding carboxylic acids is 1. The third kappa shape index (κ3) is 5.27. The van der Waals surface area contributed by atoms with Gasteiger partial charge in [-0.25, -0.2) is 9.07 Å². The van der Waals surface area contributed by atoms with Crippen molar-refractivity contribution >= 4 is 40.7 Å². The summed E-state index contributed by atoms with van der Waals surface area (Å²) in [7, 11) is 0. The minimum Gasteiger partial charge on any atom is -0.335 e. The van der Waals surface area contributed by atoms with Gasteiger partial charge >= 0.3 is 18.0 Å². The summed E-state index contributed by atoms with van der Waals surface area (Å²) in [6, 6.07) is 5.38. The Morgan fingerprint density at radius 2 is 1.48 bits per heavy atom. The molecule has 40 heavy (non-hydrogen) atoms. The fourth-order valence-electron chi connectivity index (χ4n) is 4.45. The van der Waals surface area contributed by atoms with E-state index in [1.807, 2.05) is 4.90 Å². The van der Waals surface area contributed by atoms with Gasteiger partial charge in [0.05, 0.1) is 26.8 Å². The molecule has 0 radical (unpaired) electrons. The zero-order valence-electron chi connectivity index (χ0n) is 20.3. The quantitative estimate of drug-likeness (QED) is 0.245. The Kier molecular flexibility index (Phi) is 7.32. The number of alkyl halides is 7. The van der Waals surface area contributed by atoms with Gasteiger partial charge in [-0.3, -0.25) is 4.79 Å². The number of rotatable bonds is 7. The number of nitrogens with zero attached hydrogens (tertiary/aromatic N) is 3. The smallest absolute Gasteiger partial charge is 0.335 e. The van der Waals surface area contributed by atoms with E-state index < -0.39 is 33.6 Å². The first-order chi connectivity index (χ1) is 18.6. The molecule has 0 unspecified atom stereocenters. The highest BCUT2D eigenvalue weighted by atomic mass is 35.5. The summed E-state index contributed by atoms with van der Waals surface area (Å²) in [6.07, 6.45) is -5.93. The van der Waals surface area contributed by atoms with Crippen molar-refractivity contribution < 1.29 is 35.5 Å². The maximum atomic E-state index is 14.5. The summed E-state index contributed by atoms with van der Waals surface area (Å²) in [5.41, 5.74) is -6.54. The number of benzene rings is 2. The van der Waals surface area contributed by atoms with E-state index >= 15 is 0 Å². The molecule has 0 saturated heterocycles. The van der Waals surface area contributed by atoms with E-state index in [0.29, 0.717) is 29.2 Å². The van der Waals surface area contributed by atoms with Crippen molar-refractivity contribution in [1.82, 2.24) is 14.7 Å². The van der Waals surface area contributed by atoms with Crippen molar-refractivity contribution in [3.8, 4) is 16.8 Å². The number of aromatic nitrogens is 2. The molecule has 1 amide bonds. The topological polar surface area (TPSA) is 38.1 Å².